The van der Waals surface area contributed by atoms with Gasteiger partial charge < -0.3 is 10.2 Å². The molecule has 0 aromatic heterocycles. The third-order valence-electron chi connectivity index (χ3n) is 4.43. The summed E-state index contributed by atoms with van der Waals surface area (Å²) in [5, 5.41) is 3.49. The Morgan fingerprint density at radius 3 is 3.05 bits per heavy atom. The molecule has 2 aliphatic rings. The van der Waals surface area contributed by atoms with Crippen molar-refractivity contribution in [2.75, 3.05) is 38.0 Å². The van der Waals surface area contributed by atoms with Gasteiger partial charge in [-0.25, -0.2) is 0 Å². The van der Waals surface area contributed by atoms with Crippen molar-refractivity contribution in [3.63, 3.8) is 0 Å². The molecule has 1 saturated heterocycles. The standard InChI is InChI=1S/C17H25N3O/c1-2-9-20-11-4-10-19(13-16(20)21)12-15-6-3-5-14-7-8-18-17(14)15/h3,5-6,18H,2,4,7-13H2,1H3. The van der Waals surface area contributed by atoms with Crippen molar-refractivity contribution in [3.8, 4) is 0 Å². The normalized spacial score (nSPS) is 19.3. The molecule has 2 aliphatic heterocycles. The SMILES string of the molecule is CCCN1CCCN(Cc2cccc3c2NCC3)CC1=O. The Morgan fingerprint density at radius 1 is 1.29 bits per heavy atom. The zero-order valence-corrected chi connectivity index (χ0v) is 12.9. The molecule has 1 amide bonds. The summed E-state index contributed by atoms with van der Waals surface area (Å²) in [4.78, 5) is 16.6. The summed E-state index contributed by atoms with van der Waals surface area (Å²) < 4.78 is 0. The molecule has 0 radical (unpaired) electrons. The second-order valence-corrected chi connectivity index (χ2v) is 6.07. The van der Waals surface area contributed by atoms with Gasteiger partial charge in [-0.1, -0.05) is 25.1 Å². The van der Waals surface area contributed by atoms with Gasteiger partial charge in [0.2, 0.25) is 5.91 Å². The van der Waals surface area contributed by atoms with Gasteiger partial charge in [-0.15, -0.1) is 0 Å². The minimum Gasteiger partial charge on any atom is -0.384 e. The van der Waals surface area contributed by atoms with E-state index in [1.165, 1.54) is 16.8 Å². The van der Waals surface area contributed by atoms with Crippen molar-refractivity contribution in [2.45, 2.75) is 32.7 Å². The molecule has 2 heterocycles. The van der Waals surface area contributed by atoms with Crippen LogP contribution in [0.15, 0.2) is 18.2 Å². The number of hydrogen-bond acceptors (Lipinski definition) is 3. The molecule has 0 atom stereocenters. The summed E-state index contributed by atoms with van der Waals surface area (Å²) in [5.74, 6) is 0.287. The van der Waals surface area contributed by atoms with E-state index < -0.39 is 0 Å². The first-order valence-electron chi connectivity index (χ1n) is 8.12. The van der Waals surface area contributed by atoms with Crippen LogP contribution in [0.25, 0.3) is 0 Å². The van der Waals surface area contributed by atoms with Crippen LogP contribution in [-0.2, 0) is 17.8 Å². The maximum Gasteiger partial charge on any atom is 0.236 e. The Hall–Kier alpha value is -1.55. The molecular weight excluding hydrogens is 262 g/mol. The fourth-order valence-electron chi connectivity index (χ4n) is 3.41. The van der Waals surface area contributed by atoms with Gasteiger partial charge in [0.05, 0.1) is 6.54 Å². The maximum atomic E-state index is 12.3. The Bertz CT molecular complexity index is 515. The summed E-state index contributed by atoms with van der Waals surface area (Å²) >= 11 is 0. The summed E-state index contributed by atoms with van der Waals surface area (Å²) in [7, 11) is 0. The number of para-hydroxylation sites is 1. The molecule has 0 saturated carbocycles. The number of carbonyl (C=O) groups is 1. The predicted octanol–water partition coefficient (Wildman–Crippen LogP) is 2.10. The van der Waals surface area contributed by atoms with Crippen molar-refractivity contribution in [2.24, 2.45) is 0 Å². The first-order chi connectivity index (χ1) is 10.3. The molecular formula is C17H25N3O. The fourth-order valence-corrected chi connectivity index (χ4v) is 3.41. The van der Waals surface area contributed by atoms with Gasteiger partial charge >= 0.3 is 0 Å². The minimum absolute atomic E-state index is 0.287. The van der Waals surface area contributed by atoms with Crippen molar-refractivity contribution >= 4 is 11.6 Å². The van der Waals surface area contributed by atoms with Crippen LogP contribution in [0.1, 0.15) is 30.9 Å². The van der Waals surface area contributed by atoms with E-state index in [-0.39, 0.29) is 5.91 Å². The number of rotatable bonds is 4. The molecule has 1 fully saturated rings. The van der Waals surface area contributed by atoms with E-state index in [2.05, 4.69) is 35.3 Å². The van der Waals surface area contributed by atoms with Crippen LogP contribution in [0.4, 0.5) is 5.69 Å². The van der Waals surface area contributed by atoms with Crippen molar-refractivity contribution in [1.29, 1.82) is 0 Å². The molecule has 0 bridgehead atoms. The second-order valence-electron chi connectivity index (χ2n) is 6.07. The smallest absolute Gasteiger partial charge is 0.236 e. The quantitative estimate of drug-likeness (QED) is 0.921. The van der Waals surface area contributed by atoms with Crippen LogP contribution in [0, 0.1) is 0 Å². The van der Waals surface area contributed by atoms with Gasteiger partial charge in [0, 0.05) is 38.4 Å². The highest BCUT2D eigenvalue weighted by molar-refractivity contribution is 5.78. The molecule has 4 heteroatoms. The van der Waals surface area contributed by atoms with E-state index >= 15 is 0 Å². The summed E-state index contributed by atoms with van der Waals surface area (Å²) in [6, 6.07) is 6.54. The number of fused-ring (bicyclic) bond motifs is 1. The van der Waals surface area contributed by atoms with Gasteiger partial charge in [0.25, 0.3) is 0 Å². The summed E-state index contributed by atoms with van der Waals surface area (Å²) in [6.45, 7) is 7.43. The van der Waals surface area contributed by atoms with Gasteiger partial charge in [0.1, 0.15) is 0 Å². The zero-order valence-electron chi connectivity index (χ0n) is 12.9. The van der Waals surface area contributed by atoms with Crippen molar-refractivity contribution < 1.29 is 4.79 Å². The highest BCUT2D eigenvalue weighted by atomic mass is 16.2. The lowest BCUT2D eigenvalue weighted by molar-refractivity contribution is -0.131. The Morgan fingerprint density at radius 2 is 2.19 bits per heavy atom. The monoisotopic (exact) mass is 287 g/mol. The van der Waals surface area contributed by atoms with Gasteiger partial charge in [0.15, 0.2) is 0 Å². The van der Waals surface area contributed by atoms with Gasteiger partial charge in [-0.05, 0) is 30.4 Å². The molecule has 1 N–H and O–H groups in total. The number of nitrogens with zero attached hydrogens (tertiary/aromatic N) is 2. The Kier molecular flexibility index (Phi) is 4.44. The van der Waals surface area contributed by atoms with Crippen LogP contribution in [-0.4, -0.2) is 48.4 Å². The maximum absolute atomic E-state index is 12.3. The molecule has 114 valence electrons. The van der Waals surface area contributed by atoms with E-state index in [4.69, 9.17) is 0 Å². The summed E-state index contributed by atoms with van der Waals surface area (Å²) in [6.07, 6.45) is 3.24. The molecule has 3 rings (SSSR count). The Balaban J connectivity index is 1.68. The van der Waals surface area contributed by atoms with E-state index in [1.54, 1.807) is 0 Å². The first kappa shape index (κ1) is 14.4. The molecule has 0 unspecified atom stereocenters. The molecule has 21 heavy (non-hydrogen) atoms. The number of anilines is 1. The second kappa shape index (κ2) is 6.48. The zero-order chi connectivity index (χ0) is 14.7. The number of nitrogens with one attached hydrogen (secondary N) is 1. The topological polar surface area (TPSA) is 35.6 Å². The highest BCUT2D eigenvalue weighted by Crippen LogP contribution is 2.27. The largest absolute Gasteiger partial charge is 0.384 e. The molecule has 0 spiro atoms. The third kappa shape index (κ3) is 3.21. The molecule has 1 aromatic carbocycles. The van der Waals surface area contributed by atoms with E-state index in [9.17, 15) is 4.79 Å². The number of carbonyl (C=O) groups excluding carboxylic acids is 1. The van der Waals surface area contributed by atoms with Crippen LogP contribution in [0.3, 0.4) is 0 Å². The molecule has 0 aliphatic carbocycles. The van der Waals surface area contributed by atoms with Crippen molar-refractivity contribution in [1.82, 2.24) is 9.80 Å². The lowest BCUT2D eigenvalue weighted by Gasteiger charge is -2.22. The average Bonchev–Trinajstić information content (AvgIpc) is 2.89. The number of amides is 1. The number of benzene rings is 1. The predicted molar refractivity (Wildman–Crippen MR) is 85.4 cm³/mol. The fraction of sp³-hybridized carbons (Fsp3) is 0.588. The summed E-state index contributed by atoms with van der Waals surface area (Å²) in [5.41, 5.74) is 4.06. The lowest BCUT2D eigenvalue weighted by atomic mass is 10.1. The first-order valence-corrected chi connectivity index (χ1v) is 8.12. The Labute approximate surface area is 127 Å². The van der Waals surface area contributed by atoms with Crippen LogP contribution in [0.5, 0.6) is 0 Å². The molecule has 1 aromatic rings. The van der Waals surface area contributed by atoms with E-state index in [1.807, 2.05) is 4.90 Å². The van der Waals surface area contributed by atoms with Crippen molar-refractivity contribution in [3.05, 3.63) is 29.3 Å². The minimum atomic E-state index is 0.287. The van der Waals surface area contributed by atoms with Crippen LogP contribution < -0.4 is 5.32 Å². The lowest BCUT2D eigenvalue weighted by Crippen LogP contribution is -2.36. The van der Waals surface area contributed by atoms with Gasteiger partial charge in [-0.3, -0.25) is 9.69 Å². The van der Waals surface area contributed by atoms with Gasteiger partial charge in [-0.2, -0.15) is 0 Å². The van der Waals surface area contributed by atoms with Crippen LogP contribution in [0.2, 0.25) is 0 Å². The van der Waals surface area contributed by atoms with E-state index in [0.717, 1.165) is 52.0 Å². The average molecular weight is 287 g/mol. The third-order valence-corrected chi connectivity index (χ3v) is 4.43. The highest BCUT2D eigenvalue weighted by Gasteiger charge is 2.22. The molecule has 4 nitrogen and oxygen atoms in total. The van der Waals surface area contributed by atoms with E-state index in [0.29, 0.717) is 6.54 Å². The van der Waals surface area contributed by atoms with Crippen LogP contribution >= 0.6 is 0 Å². The number of hydrogen-bond donors (Lipinski definition) is 1.